The summed E-state index contributed by atoms with van der Waals surface area (Å²) in [5.74, 6) is 0.583. The van der Waals surface area contributed by atoms with Crippen LogP contribution in [-0.4, -0.2) is 5.91 Å². The van der Waals surface area contributed by atoms with E-state index in [2.05, 4.69) is 27.3 Å². The zero-order valence-electron chi connectivity index (χ0n) is 19.9. The molecule has 4 nitrogen and oxygen atoms in total. The smallest absolute Gasteiger partial charge is 0.256 e. The van der Waals surface area contributed by atoms with Gasteiger partial charge in [0, 0.05) is 14.9 Å². The Labute approximate surface area is 220 Å². The van der Waals surface area contributed by atoms with Gasteiger partial charge in [-0.1, -0.05) is 66.6 Å². The van der Waals surface area contributed by atoms with Gasteiger partial charge < -0.3 is 10.1 Å². The largest absolute Gasteiger partial charge is 0.489 e. The van der Waals surface area contributed by atoms with Gasteiger partial charge in [-0.3, -0.25) is 4.79 Å². The average Bonchev–Trinajstić information content (AvgIpc) is 3.19. The summed E-state index contributed by atoms with van der Waals surface area (Å²) in [5.41, 5.74) is 3.29. The van der Waals surface area contributed by atoms with E-state index in [0.29, 0.717) is 22.7 Å². The van der Waals surface area contributed by atoms with Crippen LogP contribution in [0.2, 0.25) is 0 Å². The number of nitrogens with zero attached hydrogens (tertiary/aromatic N) is 1. The van der Waals surface area contributed by atoms with E-state index < -0.39 is 0 Å². The number of nitriles is 1. The van der Waals surface area contributed by atoms with Gasteiger partial charge in [0.15, 0.2) is 0 Å². The number of hydrogen-bond acceptors (Lipinski definition) is 4. The lowest BCUT2D eigenvalue weighted by Gasteiger charge is -2.09. The second kappa shape index (κ2) is 12.9. The van der Waals surface area contributed by atoms with Gasteiger partial charge in [-0.05, 0) is 73.2 Å². The minimum absolute atomic E-state index is 0.191. The number of rotatable bonds is 5. The topological polar surface area (TPSA) is 62.1 Å². The van der Waals surface area contributed by atoms with Crippen LogP contribution in [0.4, 0.5) is 5.00 Å². The first-order valence-corrected chi connectivity index (χ1v) is 14.1. The van der Waals surface area contributed by atoms with E-state index in [0.717, 1.165) is 47.0 Å². The molecule has 6 heteroatoms. The summed E-state index contributed by atoms with van der Waals surface area (Å²) >= 11 is 5.01. The summed E-state index contributed by atoms with van der Waals surface area (Å²) in [4.78, 5) is 14.4. The molecule has 1 aliphatic carbocycles. The number of ether oxygens (including phenoxy) is 1. The van der Waals surface area contributed by atoms with Gasteiger partial charge in [0.25, 0.3) is 5.91 Å². The highest BCUT2D eigenvalue weighted by Crippen LogP contribution is 2.36. The van der Waals surface area contributed by atoms with Crippen LogP contribution in [0.5, 0.6) is 5.75 Å². The fourth-order valence-corrected chi connectivity index (χ4v) is 6.01. The summed E-state index contributed by atoms with van der Waals surface area (Å²) in [6.45, 7) is 0.375. The molecule has 1 amide bonds. The maximum absolute atomic E-state index is 13.1. The Kier molecular flexibility index (Phi) is 9.39. The van der Waals surface area contributed by atoms with Gasteiger partial charge in [0.1, 0.15) is 23.4 Å². The van der Waals surface area contributed by atoms with Gasteiger partial charge in [-0.15, -0.1) is 11.3 Å². The molecule has 1 N–H and O–H groups in total. The number of fused-ring (bicyclic) bond motifs is 1. The predicted octanol–water partition coefficient (Wildman–Crippen LogP) is 8.43. The molecular weight excluding hydrogens is 520 g/mol. The summed E-state index contributed by atoms with van der Waals surface area (Å²) in [6.07, 6.45) is 11.8. The fraction of sp³-hybridized carbons (Fsp3) is 0.379. The molecule has 182 valence electrons. The molecule has 35 heavy (non-hydrogen) atoms. The average molecular weight is 552 g/mol. The molecule has 0 atom stereocenters. The van der Waals surface area contributed by atoms with Crippen molar-refractivity contribution >= 4 is 38.2 Å². The molecule has 1 heterocycles. The molecule has 4 rings (SSSR count). The van der Waals surface area contributed by atoms with Crippen LogP contribution in [0.1, 0.15) is 83.3 Å². The molecule has 0 spiro atoms. The number of benzene rings is 2. The van der Waals surface area contributed by atoms with Crippen molar-refractivity contribution in [2.45, 2.75) is 70.8 Å². The van der Waals surface area contributed by atoms with E-state index in [1.165, 1.54) is 43.4 Å². The number of thiophene rings is 1. The van der Waals surface area contributed by atoms with E-state index in [1.54, 1.807) is 17.4 Å². The first kappa shape index (κ1) is 25.5. The Balaban J connectivity index is 1.47. The summed E-state index contributed by atoms with van der Waals surface area (Å²) in [6, 6.07) is 17.5. The fourth-order valence-electron chi connectivity index (χ4n) is 4.51. The maximum Gasteiger partial charge on any atom is 0.256 e. The second-order valence-electron chi connectivity index (χ2n) is 9.05. The highest BCUT2D eigenvalue weighted by atomic mass is 79.9. The normalized spacial score (nSPS) is 14.6. The monoisotopic (exact) mass is 550 g/mol. The number of aryl methyl sites for hydroxylation is 1. The number of carbonyl (C=O) groups excluding carboxylic acids is 1. The van der Waals surface area contributed by atoms with Crippen LogP contribution in [0.25, 0.3) is 0 Å². The third kappa shape index (κ3) is 7.19. The van der Waals surface area contributed by atoms with Crippen molar-refractivity contribution in [3.63, 3.8) is 0 Å². The molecule has 0 radical (unpaired) electrons. The van der Waals surface area contributed by atoms with Crippen molar-refractivity contribution in [1.82, 2.24) is 0 Å². The predicted molar refractivity (Wildman–Crippen MR) is 146 cm³/mol. The standard InChI is InChI=1S/C29H31BrN2O2S/c30-23-14-16-24(17-15-23)34-20-21-10-9-11-22(18-21)28(33)32-29-26(19-31)25-12-7-5-3-1-2-4-6-8-13-27(25)35-29/h9-11,14-18H,1-8,12-13,20H2,(H,32,33). The van der Waals surface area contributed by atoms with Crippen LogP contribution in [0.3, 0.4) is 0 Å². The van der Waals surface area contributed by atoms with Gasteiger partial charge in [-0.25, -0.2) is 0 Å². The van der Waals surface area contributed by atoms with Crippen LogP contribution >= 0.6 is 27.3 Å². The van der Waals surface area contributed by atoms with Crippen molar-refractivity contribution in [2.24, 2.45) is 0 Å². The third-order valence-corrected chi connectivity index (χ3v) is 8.15. The maximum atomic E-state index is 13.1. The highest BCUT2D eigenvalue weighted by Gasteiger charge is 2.20. The van der Waals surface area contributed by atoms with Gasteiger partial charge in [0.2, 0.25) is 0 Å². The number of amides is 1. The van der Waals surface area contributed by atoms with Gasteiger partial charge in [-0.2, -0.15) is 5.26 Å². The zero-order chi connectivity index (χ0) is 24.5. The molecule has 2 aromatic carbocycles. The molecule has 3 aromatic rings. The van der Waals surface area contributed by atoms with Crippen molar-refractivity contribution in [3.8, 4) is 11.8 Å². The third-order valence-electron chi connectivity index (χ3n) is 6.42. The highest BCUT2D eigenvalue weighted by molar-refractivity contribution is 9.10. The van der Waals surface area contributed by atoms with E-state index in [4.69, 9.17) is 4.74 Å². The van der Waals surface area contributed by atoms with Crippen molar-refractivity contribution in [3.05, 3.63) is 80.1 Å². The minimum Gasteiger partial charge on any atom is -0.489 e. The Morgan fingerprint density at radius 3 is 2.37 bits per heavy atom. The molecule has 1 aromatic heterocycles. The number of carbonyl (C=O) groups is 1. The second-order valence-corrected chi connectivity index (χ2v) is 11.1. The Hall–Kier alpha value is -2.62. The number of anilines is 1. The van der Waals surface area contributed by atoms with E-state index in [1.807, 2.05) is 42.5 Å². The minimum atomic E-state index is -0.191. The summed E-state index contributed by atoms with van der Waals surface area (Å²) < 4.78 is 6.86. The first-order valence-electron chi connectivity index (χ1n) is 12.5. The van der Waals surface area contributed by atoms with E-state index in [9.17, 15) is 10.1 Å². The summed E-state index contributed by atoms with van der Waals surface area (Å²) in [7, 11) is 0. The van der Waals surface area contributed by atoms with Crippen molar-refractivity contribution in [2.75, 3.05) is 5.32 Å². The summed E-state index contributed by atoms with van der Waals surface area (Å²) in [5, 5.41) is 13.7. The zero-order valence-corrected chi connectivity index (χ0v) is 22.3. The molecule has 0 aliphatic heterocycles. The van der Waals surface area contributed by atoms with Crippen molar-refractivity contribution < 1.29 is 9.53 Å². The van der Waals surface area contributed by atoms with E-state index in [-0.39, 0.29) is 5.91 Å². The number of hydrogen-bond donors (Lipinski definition) is 1. The van der Waals surface area contributed by atoms with Crippen LogP contribution in [0.15, 0.2) is 53.0 Å². The first-order chi connectivity index (χ1) is 17.1. The molecule has 0 saturated carbocycles. The lowest BCUT2D eigenvalue weighted by molar-refractivity contribution is 0.102. The molecule has 0 fully saturated rings. The van der Waals surface area contributed by atoms with E-state index >= 15 is 0 Å². The van der Waals surface area contributed by atoms with Gasteiger partial charge >= 0.3 is 0 Å². The number of nitrogens with one attached hydrogen (secondary N) is 1. The molecule has 0 bridgehead atoms. The van der Waals surface area contributed by atoms with Gasteiger partial charge in [0.05, 0.1) is 5.56 Å². The van der Waals surface area contributed by atoms with Crippen LogP contribution in [0, 0.1) is 11.3 Å². The lowest BCUT2D eigenvalue weighted by Crippen LogP contribution is -2.12. The van der Waals surface area contributed by atoms with Crippen molar-refractivity contribution in [1.29, 1.82) is 5.26 Å². The quantitative estimate of drug-likeness (QED) is 0.346. The number of halogens is 1. The molecular formula is C29H31BrN2O2S. The SMILES string of the molecule is N#Cc1c(NC(=O)c2cccc(COc3ccc(Br)cc3)c2)sc2c1CCCCCCCCCC2. The molecule has 0 saturated heterocycles. The Bertz CT molecular complexity index is 1180. The van der Waals surface area contributed by atoms with Crippen LogP contribution in [-0.2, 0) is 19.4 Å². The lowest BCUT2D eigenvalue weighted by atomic mass is 9.98. The Morgan fingerprint density at radius 2 is 1.66 bits per heavy atom. The molecule has 1 aliphatic rings. The van der Waals surface area contributed by atoms with Crippen LogP contribution < -0.4 is 10.1 Å². The Morgan fingerprint density at radius 1 is 0.971 bits per heavy atom. The molecule has 0 unspecified atom stereocenters.